The Kier molecular flexibility index (Phi) is 9.25. The maximum Gasteiger partial charge on any atom is 0.408 e. The van der Waals surface area contributed by atoms with Crippen molar-refractivity contribution in [3.63, 3.8) is 0 Å². The smallest absolute Gasteiger partial charge is 0.408 e. The van der Waals surface area contributed by atoms with Crippen molar-refractivity contribution >= 4 is 12.0 Å². The summed E-state index contributed by atoms with van der Waals surface area (Å²) in [5, 5.41) is 17.1. The lowest BCUT2D eigenvalue weighted by Gasteiger charge is -2.28. The summed E-state index contributed by atoms with van der Waals surface area (Å²) in [6.07, 6.45) is -0.597. The van der Waals surface area contributed by atoms with Crippen LogP contribution in [0.5, 0.6) is 0 Å². The van der Waals surface area contributed by atoms with E-state index >= 15 is 0 Å². The Morgan fingerprint density at radius 3 is 2.14 bits per heavy atom. The van der Waals surface area contributed by atoms with Crippen LogP contribution in [0.4, 0.5) is 4.79 Å². The number of nitrogens with one attached hydrogen (secondary N) is 2. The van der Waals surface area contributed by atoms with Gasteiger partial charge in [-0.2, -0.15) is 0 Å². The van der Waals surface area contributed by atoms with Crippen LogP contribution in [0.2, 0.25) is 0 Å². The van der Waals surface area contributed by atoms with E-state index in [0.717, 1.165) is 16.7 Å². The SMILES string of the molecule is Cc1ccc(C(NC(=O)OCc2ccccc2)C(O)CCc2ccccc2)c(C(=O)NC(C)(C)C)c1. The van der Waals surface area contributed by atoms with Crippen molar-refractivity contribution in [1.82, 2.24) is 10.6 Å². The summed E-state index contributed by atoms with van der Waals surface area (Å²) < 4.78 is 5.44. The molecule has 0 heterocycles. The Balaban J connectivity index is 1.86. The molecule has 0 spiro atoms. The Bertz CT molecular complexity index is 1140. The third-order valence-electron chi connectivity index (χ3n) is 5.72. The van der Waals surface area contributed by atoms with Crippen LogP contribution in [-0.2, 0) is 17.8 Å². The van der Waals surface area contributed by atoms with Crippen LogP contribution in [0.15, 0.2) is 78.9 Å². The van der Waals surface area contributed by atoms with Gasteiger partial charge in [-0.15, -0.1) is 0 Å². The van der Waals surface area contributed by atoms with E-state index < -0.39 is 23.8 Å². The molecule has 2 amide bonds. The van der Waals surface area contributed by atoms with E-state index in [9.17, 15) is 14.7 Å². The summed E-state index contributed by atoms with van der Waals surface area (Å²) in [5.74, 6) is -0.263. The minimum Gasteiger partial charge on any atom is -0.445 e. The molecule has 2 atom stereocenters. The predicted molar refractivity (Wildman–Crippen MR) is 142 cm³/mol. The number of hydrogen-bond donors (Lipinski definition) is 3. The quantitative estimate of drug-likeness (QED) is 0.372. The lowest BCUT2D eigenvalue weighted by atomic mass is 9.91. The fourth-order valence-electron chi connectivity index (χ4n) is 3.94. The number of alkyl carbamates (subject to hydrolysis) is 1. The Morgan fingerprint density at radius 2 is 1.53 bits per heavy atom. The van der Waals surface area contributed by atoms with Gasteiger partial charge < -0.3 is 20.5 Å². The molecule has 0 aliphatic heterocycles. The second kappa shape index (κ2) is 12.4. The molecule has 0 aliphatic carbocycles. The standard InChI is InChI=1S/C30H36N2O4/c1-21-15-17-24(25(19-21)28(34)32-30(2,3)4)27(26(33)18-16-22-11-7-5-8-12-22)31-29(35)36-20-23-13-9-6-10-14-23/h5-15,17,19,26-27,33H,16,18,20H2,1-4H3,(H,31,35)(H,32,34). The number of carbonyl (C=O) groups excluding carboxylic acids is 2. The summed E-state index contributed by atoms with van der Waals surface area (Å²) in [5.41, 5.74) is 3.35. The van der Waals surface area contributed by atoms with Gasteiger partial charge in [0.05, 0.1) is 12.1 Å². The van der Waals surface area contributed by atoms with Crippen LogP contribution in [0.25, 0.3) is 0 Å². The highest BCUT2D eigenvalue weighted by atomic mass is 16.5. The lowest BCUT2D eigenvalue weighted by molar-refractivity contribution is 0.0892. The zero-order valence-corrected chi connectivity index (χ0v) is 21.5. The summed E-state index contributed by atoms with van der Waals surface area (Å²) >= 11 is 0. The molecule has 3 rings (SSSR count). The molecule has 0 aliphatic rings. The number of aliphatic hydroxyl groups excluding tert-OH is 1. The monoisotopic (exact) mass is 488 g/mol. The molecule has 6 nitrogen and oxygen atoms in total. The van der Waals surface area contributed by atoms with Crippen molar-refractivity contribution in [2.75, 3.05) is 0 Å². The van der Waals surface area contributed by atoms with Crippen molar-refractivity contribution in [3.05, 3.63) is 107 Å². The molecule has 6 heteroatoms. The van der Waals surface area contributed by atoms with Gasteiger partial charge in [0.15, 0.2) is 0 Å². The minimum atomic E-state index is -0.946. The summed E-state index contributed by atoms with van der Waals surface area (Å²) in [4.78, 5) is 26.0. The van der Waals surface area contributed by atoms with Gasteiger partial charge in [-0.1, -0.05) is 78.4 Å². The maximum atomic E-state index is 13.2. The van der Waals surface area contributed by atoms with Crippen LogP contribution in [-0.4, -0.2) is 28.7 Å². The summed E-state index contributed by atoms with van der Waals surface area (Å²) in [7, 11) is 0. The zero-order chi connectivity index (χ0) is 26.1. The number of hydrogen-bond acceptors (Lipinski definition) is 4. The highest BCUT2D eigenvalue weighted by Crippen LogP contribution is 2.26. The molecular weight excluding hydrogens is 452 g/mol. The average molecular weight is 489 g/mol. The van der Waals surface area contributed by atoms with Crippen molar-refractivity contribution in [2.45, 2.75) is 64.8 Å². The third-order valence-corrected chi connectivity index (χ3v) is 5.72. The van der Waals surface area contributed by atoms with Gasteiger partial charge in [0.1, 0.15) is 6.61 Å². The van der Waals surface area contributed by atoms with Crippen LogP contribution in [0.1, 0.15) is 65.8 Å². The molecule has 3 N–H and O–H groups in total. The topological polar surface area (TPSA) is 87.7 Å². The molecule has 2 unspecified atom stereocenters. The van der Waals surface area contributed by atoms with Gasteiger partial charge >= 0.3 is 6.09 Å². The van der Waals surface area contributed by atoms with Crippen molar-refractivity contribution in [3.8, 4) is 0 Å². The Morgan fingerprint density at radius 1 is 0.917 bits per heavy atom. The number of rotatable bonds is 9. The highest BCUT2D eigenvalue weighted by Gasteiger charge is 2.29. The molecule has 3 aromatic rings. The first-order valence-electron chi connectivity index (χ1n) is 12.2. The highest BCUT2D eigenvalue weighted by molar-refractivity contribution is 5.96. The van der Waals surface area contributed by atoms with E-state index in [1.165, 1.54) is 0 Å². The van der Waals surface area contributed by atoms with Gasteiger partial charge in [0.25, 0.3) is 5.91 Å². The molecule has 3 aromatic carbocycles. The normalized spacial score (nSPS) is 12.9. The second-order valence-electron chi connectivity index (χ2n) is 10.1. The first kappa shape index (κ1) is 27.0. The van der Waals surface area contributed by atoms with E-state index in [0.29, 0.717) is 24.0 Å². The second-order valence-corrected chi connectivity index (χ2v) is 10.1. The van der Waals surface area contributed by atoms with Crippen LogP contribution >= 0.6 is 0 Å². The van der Waals surface area contributed by atoms with E-state index in [4.69, 9.17) is 4.74 Å². The molecular formula is C30H36N2O4. The van der Waals surface area contributed by atoms with Crippen LogP contribution < -0.4 is 10.6 Å². The van der Waals surface area contributed by atoms with E-state index in [1.807, 2.05) is 94.4 Å². The van der Waals surface area contributed by atoms with E-state index in [2.05, 4.69) is 10.6 Å². The molecule has 0 saturated heterocycles. The number of benzene rings is 3. The summed E-state index contributed by atoms with van der Waals surface area (Å²) in [6.45, 7) is 7.73. The molecule has 0 radical (unpaired) electrons. The number of aryl methyl sites for hydroxylation is 2. The largest absolute Gasteiger partial charge is 0.445 e. The molecule has 36 heavy (non-hydrogen) atoms. The predicted octanol–water partition coefficient (Wildman–Crippen LogP) is 5.48. The first-order valence-corrected chi connectivity index (χ1v) is 12.2. The number of ether oxygens (including phenoxy) is 1. The van der Waals surface area contributed by atoms with Crippen LogP contribution in [0, 0.1) is 6.92 Å². The Labute approximate surface area is 213 Å². The molecule has 190 valence electrons. The van der Waals surface area contributed by atoms with Gasteiger partial charge in [0, 0.05) is 11.1 Å². The van der Waals surface area contributed by atoms with Gasteiger partial charge in [-0.3, -0.25) is 4.79 Å². The minimum absolute atomic E-state index is 0.102. The van der Waals surface area contributed by atoms with Crippen molar-refractivity contribution in [1.29, 1.82) is 0 Å². The number of aliphatic hydroxyl groups is 1. The fourth-order valence-corrected chi connectivity index (χ4v) is 3.94. The third kappa shape index (κ3) is 8.24. The van der Waals surface area contributed by atoms with Gasteiger partial charge in [-0.25, -0.2) is 4.79 Å². The van der Waals surface area contributed by atoms with E-state index in [-0.39, 0.29) is 12.5 Å². The number of carbonyl (C=O) groups is 2. The fraction of sp³-hybridized carbons (Fsp3) is 0.333. The lowest BCUT2D eigenvalue weighted by Crippen LogP contribution is -2.42. The van der Waals surface area contributed by atoms with Crippen molar-refractivity contribution < 1.29 is 19.4 Å². The molecule has 0 bridgehead atoms. The van der Waals surface area contributed by atoms with Crippen molar-refractivity contribution in [2.24, 2.45) is 0 Å². The van der Waals surface area contributed by atoms with Gasteiger partial charge in [0.2, 0.25) is 0 Å². The van der Waals surface area contributed by atoms with Crippen LogP contribution in [0.3, 0.4) is 0 Å². The Hall–Kier alpha value is -3.64. The molecule has 0 fully saturated rings. The zero-order valence-electron chi connectivity index (χ0n) is 21.5. The number of amides is 2. The molecule has 0 aromatic heterocycles. The first-order chi connectivity index (χ1) is 17.1. The molecule has 0 saturated carbocycles. The average Bonchev–Trinajstić information content (AvgIpc) is 2.85. The van der Waals surface area contributed by atoms with Gasteiger partial charge in [-0.05, 0) is 63.3 Å². The maximum absolute atomic E-state index is 13.2. The summed E-state index contributed by atoms with van der Waals surface area (Å²) in [6, 6.07) is 23.8. The van der Waals surface area contributed by atoms with E-state index in [1.54, 1.807) is 12.1 Å².